The Labute approximate surface area is 150 Å². The van der Waals surface area contributed by atoms with Crippen LogP contribution in [0, 0.1) is 11.7 Å². The SMILES string of the molecule is CC(CC1(C)NC(=O)NC1=O)C(=O)N1CCN(c2cncc(F)c2)CC1. The summed E-state index contributed by atoms with van der Waals surface area (Å²) < 4.78 is 13.3. The topological polar surface area (TPSA) is 94.6 Å². The molecule has 3 rings (SSSR count). The number of aromatic nitrogens is 1. The van der Waals surface area contributed by atoms with Crippen molar-refractivity contribution in [3.63, 3.8) is 0 Å². The van der Waals surface area contributed by atoms with Crippen LogP contribution in [-0.2, 0) is 9.59 Å². The highest BCUT2D eigenvalue weighted by molar-refractivity contribution is 6.07. The van der Waals surface area contributed by atoms with Gasteiger partial charge in [0.15, 0.2) is 0 Å². The molecule has 4 amide bonds. The Morgan fingerprint density at radius 1 is 1.31 bits per heavy atom. The van der Waals surface area contributed by atoms with Crippen molar-refractivity contribution in [1.29, 1.82) is 0 Å². The number of nitrogens with one attached hydrogen (secondary N) is 2. The van der Waals surface area contributed by atoms with Crippen LogP contribution in [0.2, 0.25) is 0 Å². The molecule has 2 atom stereocenters. The van der Waals surface area contributed by atoms with Crippen LogP contribution in [0.4, 0.5) is 14.9 Å². The fourth-order valence-corrected chi connectivity index (χ4v) is 3.49. The molecule has 0 aliphatic carbocycles. The summed E-state index contributed by atoms with van der Waals surface area (Å²) in [5.41, 5.74) is -0.371. The number of hydrogen-bond acceptors (Lipinski definition) is 5. The summed E-state index contributed by atoms with van der Waals surface area (Å²) in [6.45, 7) is 5.56. The van der Waals surface area contributed by atoms with Crippen LogP contribution < -0.4 is 15.5 Å². The lowest BCUT2D eigenvalue weighted by atomic mass is 9.89. The highest BCUT2D eigenvalue weighted by Gasteiger charge is 2.44. The van der Waals surface area contributed by atoms with E-state index in [1.807, 2.05) is 4.90 Å². The van der Waals surface area contributed by atoms with E-state index in [1.165, 1.54) is 6.07 Å². The largest absolute Gasteiger partial charge is 0.367 e. The monoisotopic (exact) mass is 363 g/mol. The maximum Gasteiger partial charge on any atom is 0.322 e. The standard InChI is InChI=1S/C17H22FN5O3/c1-11(8-17(2)15(25)20-16(26)21-17)14(24)23-5-3-22(4-6-23)13-7-12(18)9-19-10-13/h7,9-11H,3-6,8H2,1-2H3,(H2,20,21,25,26). The van der Waals surface area contributed by atoms with Gasteiger partial charge >= 0.3 is 6.03 Å². The summed E-state index contributed by atoms with van der Waals surface area (Å²) in [6.07, 6.45) is 2.99. The molecule has 9 heteroatoms. The number of piperazine rings is 1. The Hall–Kier alpha value is -2.71. The van der Waals surface area contributed by atoms with Gasteiger partial charge in [-0.25, -0.2) is 9.18 Å². The molecular formula is C17H22FN5O3. The van der Waals surface area contributed by atoms with Gasteiger partial charge < -0.3 is 15.1 Å². The number of pyridine rings is 1. The third-order valence-electron chi connectivity index (χ3n) is 4.90. The fraction of sp³-hybridized carbons (Fsp3) is 0.529. The van der Waals surface area contributed by atoms with E-state index in [2.05, 4.69) is 15.6 Å². The van der Waals surface area contributed by atoms with E-state index in [9.17, 15) is 18.8 Å². The first-order valence-corrected chi connectivity index (χ1v) is 8.56. The second kappa shape index (κ2) is 6.89. The van der Waals surface area contributed by atoms with Gasteiger partial charge in [0.05, 0.1) is 18.1 Å². The van der Waals surface area contributed by atoms with Crippen LogP contribution in [0.1, 0.15) is 20.3 Å². The molecule has 1 aromatic rings. The molecule has 26 heavy (non-hydrogen) atoms. The number of imide groups is 1. The number of amides is 4. The van der Waals surface area contributed by atoms with Gasteiger partial charge in [-0.3, -0.25) is 19.9 Å². The number of urea groups is 1. The number of carbonyl (C=O) groups is 3. The quantitative estimate of drug-likeness (QED) is 0.760. The second-order valence-electron chi connectivity index (χ2n) is 7.02. The van der Waals surface area contributed by atoms with Gasteiger partial charge in [-0.15, -0.1) is 0 Å². The average molecular weight is 363 g/mol. The van der Waals surface area contributed by atoms with Crippen molar-refractivity contribution in [2.24, 2.45) is 5.92 Å². The van der Waals surface area contributed by atoms with Crippen LogP contribution >= 0.6 is 0 Å². The van der Waals surface area contributed by atoms with Gasteiger partial charge in [0.2, 0.25) is 5.91 Å². The van der Waals surface area contributed by atoms with E-state index >= 15 is 0 Å². The zero-order chi connectivity index (χ0) is 18.9. The normalized spacial score (nSPS) is 24.3. The molecule has 0 saturated carbocycles. The Morgan fingerprint density at radius 3 is 2.58 bits per heavy atom. The first-order valence-electron chi connectivity index (χ1n) is 8.56. The molecule has 1 aromatic heterocycles. The van der Waals surface area contributed by atoms with Gasteiger partial charge in [-0.05, 0) is 13.3 Å². The predicted molar refractivity (Wildman–Crippen MR) is 91.8 cm³/mol. The van der Waals surface area contributed by atoms with Crippen molar-refractivity contribution in [3.05, 3.63) is 24.3 Å². The Kier molecular flexibility index (Phi) is 4.80. The summed E-state index contributed by atoms with van der Waals surface area (Å²) in [6, 6.07) is 0.893. The van der Waals surface area contributed by atoms with E-state index in [4.69, 9.17) is 0 Å². The maximum atomic E-state index is 13.3. The van der Waals surface area contributed by atoms with E-state index in [1.54, 1.807) is 24.9 Å². The maximum absolute atomic E-state index is 13.3. The molecule has 2 fully saturated rings. The molecule has 140 valence electrons. The molecule has 2 unspecified atom stereocenters. The second-order valence-corrected chi connectivity index (χ2v) is 7.02. The van der Waals surface area contributed by atoms with Gasteiger partial charge in [0.25, 0.3) is 5.91 Å². The van der Waals surface area contributed by atoms with Crippen molar-refractivity contribution in [1.82, 2.24) is 20.5 Å². The molecular weight excluding hydrogens is 341 g/mol. The first-order chi connectivity index (χ1) is 12.3. The highest BCUT2D eigenvalue weighted by atomic mass is 19.1. The van der Waals surface area contributed by atoms with Gasteiger partial charge in [0.1, 0.15) is 11.4 Å². The van der Waals surface area contributed by atoms with Crippen LogP contribution in [0.15, 0.2) is 18.5 Å². The third kappa shape index (κ3) is 3.61. The van der Waals surface area contributed by atoms with Crippen molar-refractivity contribution < 1.29 is 18.8 Å². The molecule has 2 saturated heterocycles. The molecule has 0 aromatic carbocycles. The molecule has 2 aliphatic heterocycles. The van der Waals surface area contributed by atoms with Crippen LogP contribution in [0.25, 0.3) is 0 Å². The predicted octanol–water partition coefficient (Wildman–Crippen LogP) is 0.494. The van der Waals surface area contributed by atoms with E-state index < -0.39 is 23.4 Å². The zero-order valence-electron chi connectivity index (χ0n) is 14.8. The summed E-state index contributed by atoms with van der Waals surface area (Å²) in [5.74, 6) is -1.27. The van der Waals surface area contributed by atoms with Gasteiger partial charge in [-0.2, -0.15) is 0 Å². The lowest BCUT2D eigenvalue weighted by Gasteiger charge is -2.37. The van der Waals surface area contributed by atoms with Crippen LogP contribution in [0.3, 0.4) is 0 Å². The van der Waals surface area contributed by atoms with Gasteiger partial charge in [0, 0.05) is 38.2 Å². The lowest BCUT2D eigenvalue weighted by Crippen LogP contribution is -2.52. The molecule has 0 bridgehead atoms. The van der Waals surface area contributed by atoms with Crippen LogP contribution in [0.5, 0.6) is 0 Å². The molecule has 3 heterocycles. The minimum atomic E-state index is -1.07. The fourth-order valence-electron chi connectivity index (χ4n) is 3.49. The first kappa shape index (κ1) is 18.1. The number of anilines is 1. The van der Waals surface area contributed by atoms with Crippen molar-refractivity contribution >= 4 is 23.5 Å². The van der Waals surface area contributed by atoms with Crippen LogP contribution in [-0.4, -0.2) is 59.4 Å². The number of rotatable bonds is 4. The molecule has 2 aliphatic rings. The number of hydrogen-bond donors (Lipinski definition) is 2. The number of nitrogens with zero attached hydrogens (tertiary/aromatic N) is 3. The number of halogens is 1. The Morgan fingerprint density at radius 2 is 2.00 bits per heavy atom. The van der Waals surface area contributed by atoms with Crippen molar-refractivity contribution in [2.75, 3.05) is 31.1 Å². The molecule has 0 spiro atoms. The summed E-state index contributed by atoms with van der Waals surface area (Å²) in [7, 11) is 0. The Bertz CT molecular complexity index is 735. The highest BCUT2D eigenvalue weighted by Crippen LogP contribution is 2.23. The van der Waals surface area contributed by atoms with Crippen molar-refractivity contribution in [2.45, 2.75) is 25.8 Å². The summed E-state index contributed by atoms with van der Waals surface area (Å²) >= 11 is 0. The summed E-state index contributed by atoms with van der Waals surface area (Å²) in [4.78, 5) is 43.5. The van der Waals surface area contributed by atoms with Gasteiger partial charge in [-0.1, -0.05) is 6.92 Å². The minimum Gasteiger partial charge on any atom is -0.367 e. The molecule has 0 radical (unpaired) electrons. The van der Waals surface area contributed by atoms with E-state index in [0.29, 0.717) is 31.9 Å². The summed E-state index contributed by atoms with van der Waals surface area (Å²) in [5, 5.41) is 4.78. The van der Waals surface area contributed by atoms with Crippen molar-refractivity contribution in [3.8, 4) is 0 Å². The third-order valence-corrected chi connectivity index (χ3v) is 4.90. The average Bonchev–Trinajstić information content (AvgIpc) is 2.86. The molecule has 8 nitrogen and oxygen atoms in total. The van der Waals surface area contributed by atoms with E-state index in [-0.39, 0.29) is 18.1 Å². The Balaban J connectivity index is 1.56. The molecule has 2 N–H and O–H groups in total. The minimum absolute atomic E-state index is 0.0582. The lowest BCUT2D eigenvalue weighted by molar-refractivity contribution is -0.136. The van der Waals surface area contributed by atoms with E-state index in [0.717, 1.165) is 6.20 Å². The smallest absolute Gasteiger partial charge is 0.322 e. The zero-order valence-corrected chi connectivity index (χ0v) is 14.8. The number of carbonyl (C=O) groups excluding carboxylic acids is 3.